The molecule has 0 saturated heterocycles. The fraction of sp³-hybridized carbons (Fsp3) is 0.462. The Morgan fingerprint density at radius 3 is 2.40 bits per heavy atom. The third-order valence-corrected chi connectivity index (χ3v) is 5.47. The minimum absolute atomic E-state index is 0.0562. The number of sulfone groups is 1. The number of carbonyl (C=O) groups is 1. The van der Waals surface area contributed by atoms with Crippen molar-refractivity contribution in [1.82, 2.24) is 5.32 Å². The van der Waals surface area contributed by atoms with Crippen molar-refractivity contribution in [3.8, 4) is 0 Å². The van der Waals surface area contributed by atoms with Gasteiger partial charge in [-0.25, -0.2) is 8.42 Å². The second-order valence-electron chi connectivity index (χ2n) is 5.39. The number of hydrogen-bond donors (Lipinski definition) is 3. The molecule has 0 aromatic heterocycles. The molecule has 0 atom stereocenters. The largest absolute Gasteiger partial charge is 0.350 e. The Kier molecular flexibility index (Phi) is 4.77. The van der Waals surface area contributed by atoms with E-state index in [9.17, 15) is 13.2 Å². The molecule has 0 aliphatic heterocycles. The van der Waals surface area contributed by atoms with Crippen molar-refractivity contribution in [2.24, 2.45) is 5.84 Å². The van der Waals surface area contributed by atoms with Gasteiger partial charge in [0.25, 0.3) is 5.91 Å². The maximum absolute atomic E-state index is 12.0. The van der Waals surface area contributed by atoms with Gasteiger partial charge < -0.3 is 10.7 Å². The molecule has 4 N–H and O–H groups in total. The number of nitrogen functional groups attached to an aromatic ring is 1. The fourth-order valence-corrected chi connectivity index (χ4v) is 1.83. The highest BCUT2D eigenvalue weighted by molar-refractivity contribution is 7.92. The summed E-state index contributed by atoms with van der Waals surface area (Å²) in [5, 5.41) is 2.64. The molecule has 7 heteroatoms. The summed E-state index contributed by atoms with van der Waals surface area (Å²) in [6.07, 6.45) is 1.16. The van der Waals surface area contributed by atoms with E-state index in [-0.39, 0.29) is 12.5 Å². The van der Waals surface area contributed by atoms with Crippen LogP contribution in [0.15, 0.2) is 18.2 Å². The number of amides is 1. The van der Waals surface area contributed by atoms with Crippen molar-refractivity contribution >= 4 is 21.4 Å². The molecule has 1 aromatic rings. The van der Waals surface area contributed by atoms with Gasteiger partial charge in [-0.3, -0.25) is 10.6 Å². The van der Waals surface area contributed by atoms with Crippen LogP contribution in [0.1, 0.15) is 29.8 Å². The van der Waals surface area contributed by atoms with Crippen LogP contribution in [0.5, 0.6) is 0 Å². The zero-order valence-corrected chi connectivity index (χ0v) is 13.0. The molecule has 1 rings (SSSR count). The Morgan fingerprint density at radius 1 is 1.35 bits per heavy atom. The lowest BCUT2D eigenvalue weighted by Gasteiger charge is -2.22. The molecule has 0 radical (unpaired) electrons. The summed E-state index contributed by atoms with van der Waals surface area (Å²) in [4.78, 5) is 12.0. The predicted molar refractivity (Wildman–Crippen MR) is 80.2 cm³/mol. The summed E-state index contributed by atoms with van der Waals surface area (Å²) >= 11 is 0. The van der Waals surface area contributed by atoms with Gasteiger partial charge in [-0.2, -0.15) is 0 Å². The van der Waals surface area contributed by atoms with Gasteiger partial charge in [0, 0.05) is 18.4 Å². The molecule has 1 aromatic carbocycles. The SMILES string of the molecule is Cc1cc(C(=O)NCC(C)(C)S(C)(=O)=O)ccc1NN. The van der Waals surface area contributed by atoms with Crippen molar-refractivity contribution in [2.45, 2.75) is 25.5 Å². The predicted octanol–water partition coefficient (Wildman–Crippen LogP) is 0.834. The van der Waals surface area contributed by atoms with Crippen molar-refractivity contribution in [3.63, 3.8) is 0 Å². The summed E-state index contributed by atoms with van der Waals surface area (Å²) in [7, 11) is -3.24. The quantitative estimate of drug-likeness (QED) is 0.552. The summed E-state index contributed by atoms with van der Waals surface area (Å²) < 4.78 is 22.1. The number of hydrogen-bond acceptors (Lipinski definition) is 5. The van der Waals surface area contributed by atoms with Crippen LogP contribution in [0.25, 0.3) is 0 Å². The number of rotatable bonds is 5. The van der Waals surface area contributed by atoms with E-state index in [0.29, 0.717) is 5.56 Å². The van der Waals surface area contributed by atoms with Crippen LogP contribution in [-0.4, -0.2) is 31.9 Å². The van der Waals surface area contributed by atoms with E-state index in [1.807, 2.05) is 6.92 Å². The number of nitrogens with two attached hydrogens (primary N) is 1. The minimum Gasteiger partial charge on any atom is -0.350 e. The molecule has 0 unspecified atom stereocenters. The number of aryl methyl sites for hydroxylation is 1. The molecular formula is C13H21N3O3S. The van der Waals surface area contributed by atoms with Gasteiger partial charge >= 0.3 is 0 Å². The van der Waals surface area contributed by atoms with Gasteiger partial charge in [0.1, 0.15) is 0 Å². The Bertz CT molecular complexity index is 609. The third kappa shape index (κ3) is 3.71. The standard InChI is InChI=1S/C13H21N3O3S/c1-9-7-10(5-6-11(9)16-14)12(17)15-8-13(2,3)20(4,18)19/h5-7,16H,8,14H2,1-4H3,(H,15,17). The molecule has 0 fully saturated rings. The van der Waals surface area contributed by atoms with Crippen molar-refractivity contribution in [2.75, 3.05) is 18.2 Å². The lowest BCUT2D eigenvalue weighted by atomic mass is 10.1. The lowest BCUT2D eigenvalue weighted by Crippen LogP contribution is -2.43. The van der Waals surface area contributed by atoms with E-state index >= 15 is 0 Å². The van der Waals surface area contributed by atoms with E-state index in [2.05, 4.69) is 10.7 Å². The normalized spacial score (nSPS) is 12.1. The van der Waals surface area contributed by atoms with E-state index < -0.39 is 14.6 Å². The Morgan fingerprint density at radius 2 is 1.95 bits per heavy atom. The van der Waals surface area contributed by atoms with Crippen LogP contribution in [0.4, 0.5) is 5.69 Å². The maximum atomic E-state index is 12.0. The first-order chi connectivity index (χ1) is 9.08. The summed E-state index contributed by atoms with van der Waals surface area (Å²) in [6, 6.07) is 5.02. The molecular weight excluding hydrogens is 278 g/mol. The van der Waals surface area contributed by atoms with Crippen molar-refractivity contribution in [1.29, 1.82) is 0 Å². The second kappa shape index (κ2) is 5.80. The number of benzene rings is 1. The lowest BCUT2D eigenvalue weighted by molar-refractivity contribution is 0.0950. The maximum Gasteiger partial charge on any atom is 0.251 e. The Balaban J connectivity index is 2.81. The first-order valence-electron chi connectivity index (χ1n) is 6.13. The van der Waals surface area contributed by atoms with Crippen LogP contribution in [0, 0.1) is 6.92 Å². The third-order valence-electron chi connectivity index (χ3n) is 3.32. The summed E-state index contributed by atoms with van der Waals surface area (Å²) in [5.74, 6) is 5.01. The number of nitrogens with one attached hydrogen (secondary N) is 2. The molecule has 0 aliphatic rings. The van der Waals surface area contributed by atoms with E-state index in [1.165, 1.54) is 0 Å². The van der Waals surface area contributed by atoms with Gasteiger partial charge in [0.2, 0.25) is 0 Å². The monoisotopic (exact) mass is 299 g/mol. The molecule has 6 nitrogen and oxygen atoms in total. The number of anilines is 1. The van der Waals surface area contributed by atoms with E-state index in [1.54, 1.807) is 32.0 Å². The first kappa shape index (κ1) is 16.5. The highest BCUT2D eigenvalue weighted by Crippen LogP contribution is 2.16. The summed E-state index contributed by atoms with van der Waals surface area (Å²) in [6.45, 7) is 5.04. The van der Waals surface area contributed by atoms with Gasteiger partial charge in [-0.05, 0) is 44.5 Å². The molecule has 1 amide bonds. The van der Waals surface area contributed by atoms with Gasteiger partial charge in [-0.1, -0.05) is 0 Å². The minimum atomic E-state index is -3.24. The van der Waals surface area contributed by atoms with E-state index in [4.69, 9.17) is 5.84 Å². The smallest absolute Gasteiger partial charge is 0.251 e. The average molecular weight is 299 g/mol. The van der Waals surface area contributed by atoms with Gasteiger partial charge in [-0.15, -0.1) is 0 Å². The van der Waals surface area contributed by atoms with Crippen LogP contribution in [-0.2, 0) is 9.84 Å². The zero-order chi connectivity index (χ0) is 15.6. The zero-order valence-electron chi connectivity index (χ0n) is 12.1. The number of hydrazine groups is 1. The van der Waals surface area contributed by atoms with Crippen LogP contribution >= 0.6 is 0 Å². The molecule has 0 saturated carbocycles. The Hall–Kier alpha value is -1.60. The topological polar surface area (TPSA) is 101 Å². The highest BCUT2D eigenvalue weighted by atomic mass is 32.2. The van der Waals surface area contributed by atoms with Gasteiger partial charge in [0.05, 0.1) is 10.4 Å². The Labute approximate surface area is 119 Å². The van der Waals surface area contributed by atoms with Crippen LogP contribution in [0.2, 0.25) is 0 Å². The molecule has 112 valence electrons. The van der Waals surface area contributed by atoms with Crippen molar-refractivity contribution in [3.05, 3.63) is 29.3 Å². The van der Waals surface area contributed by atoms with Crippen LogP contribution in [0.3, 0.4) is 0 Å². The molecule has 0 aliphatic carbocycles. The molecule has 20 heavy (non-hydrogen) atoms. The summed E-state index contributed by atoms with van der Waals surface area (Å²) in [5.41, 5.74) is 4.56. The van der Waals surface area contributed by atoms with Crippen LogP contribution < -0.4 is 16.6 Å². The average Bonchev–Trinajstić information content (AvgIpc) is 2.34. The second-order valence-corrected chi connectivity index (χ2v) is 8.04. The number of carbonyl (C=O) groups excluding carboxylic acids is 1. The first-order valence-corrected chi connectivity index (χ1v) is 8.03. The highest BCUT2D eigenvalue weighted by Gasteiger charge is 2.30. The van der Waals surface area contributed by atoms with Crippen molar-refractivity contribution < 1.29 is 13.2 Å². The molecule has 0 heterocycles. The van der Waals surface area contributed by atoms with Gasteiger partial charge in [0.15, 0.2) is 9.84 Å². The van der Waals surface area contributed by atoms with E-state index in [0.717, 1.165) is 17.5 Å². The fourth-order valence-electron chi connectivity index (χ4n) is 1.49. The molecule has 0 bridgehead atoms. The molecule has 0 spiro atoms.